The summed E-state index contributed by atoms with van der Waals surface area (Å²) >= 11 is 0. The number of hydrogen-bond donors (Lipinski definition) is 0. The Bertz CT molecular complexity index is 476. The zero-order chi connectivity index (χ0) is 14.6. The van der Waals surface area contributed by atoms with Crippen molar-refractivity contribution in [2.24, 2.45) is 35.0 Å². The molecule has 4 saturated carbocycles. The molecule has 0 amide bonds. The molecule has 0 saturated heterocycles. The summed E-state index contributed by atoms with van der Waals surface area (Å²) in [6.07, 6.45) is 13.8. The van der Waals surface area contributed by atoms with Crippen molar-refractivity contribution in [1.29, 1.82) is 0 Å². The van der Waals surface area contributed by atoms with E-state index in [0.717, 1.165) is 42.4 Å². The summed E-state index contributed by atoms with van der Waals surface area (Å²) in [4.78, 5) is 11.8. The van der Waals surface area contributed by atoms with Gasteiger partial charge in [0, 0.05) is 12.8 Å². The highest BCUT2D eigenvalue weighted by Gasteiger charge is 2.54. The second kappa shape index (κ2) is 4.96. The van der Waals surface area contributed by atoms with Crippen LogP contribution in [-0.2, 0) is 4.79 Å². The lowest BCUT2D eigenvalue weighted by atomic mass is 9.50. The smallest absolute Gasteiger partial charge is 0.133 e. The number of Topliss-reactive ketones (excluding diaryl/α,β-unsaturated/α-hetero) is 1. The molecule has 6 unspecified atom stereocenters. The third-order valence-electron chi connectivity index (χ3n) is 7.96. The van der Waals surface area contributed by atoms with Crippen molar-refractivity contribution >= 4 is 5.78 Å². The fourth-order valence-corrected chi connectivity index (χ4v) is 6.98. The molecule has 0 bridgehead atoms. The predicted molar refractivity (Wildman–Crippen MR) is 85.9 cm³/mol. The third-order valence-corrected chi connectivity index (χ3v) is 7.96. The number of allylic oxidation sites excluding steroid dienone is 2. The quantitative estimate of drug-likeness (QED) is 0.562. The van der Waals surface area contributed by atoms with Gasteiger partial charge in [0.1, 0.15) is 5.78 Å². The van der Waals surface area contributed by atoms with E-state index in [2.05, 4.69) is 19.9 Å². The van der Waals surface area contributed by atoms with Crippen LogP contribution < -0.4 is 0 Å². The molecule has 4 aliphatic rings. The summed E-state index contributed by atoms with van der Waals surface area (Å²) in [5, 5.41) is 0. The molecule has 0 aromatic carbocycles. The van der Waals surface area contributed by atoms with Crippen LogP contribution in [0.2, 0.25) is 0 Å². The van der Waals surface area contributed by atoms with Crippen molar-refractivity contribution in [3.63, 3.8) is 0 Å². The minimum Gasteiger partial charge on any atom is -0.300 e. The summed E-state index contributed by atoms with van der Waals surface area (Å²) in [5.74, 6) is 5.05. The summed E-state index contributed by atoms with van der Waals surface area (Å²) in [7, 11) is 0. The van der Waals surface area contributed by atoms with Gasteiger partial charge in [0.25, 0.3) is 0 Å². The summed E-state index contributed by atoms with van der Waals surface area (Å²) in [5.41, 5.74) is 2.28. The maximum Gasteiger partial charge on any atom is 0.133 e. The van der Waals surface area contributed by atoms with Gasteiger partial charge in [-0.15, -0.1) is 0 Å². The number of fused-ring (bicyclic) bond motifs is 5. The van der Waals surface area contributed by atoms with E-state index in [9.17, 15) is 4.79 Å². The largest absolute Gasteiger partial charge is 0.300 e. The van der Waals surface area contributed by atoms with Crippen LogP contribution in [0.5, 0.6) is 0 Å². The number of carbonyl (C=O) groups excluding carboxylic acids is 1. The highest BCUT2D eigenvalue weighted by molar-refractivity contribution is 5.79. The zero-order valence-electron chi connectivity index (χ0n) is 13.7. The molecule has 0 aromatic heterocycles. The Kier molecular flexibility index (Phi) is 3.32. The number of carbonyl (C=O) groups is 1. The highest BCUT2D eigenvalue weighted by Crippen LogP contribution is 2.63. The molecule has 4 aliphatic carbocycles. The number of hydrogen-bond acceptors (Lipinski definition) is 1. The van der Waals surface area contributed by atoms with Crippen molar-refractivity contribution in [3.05, 3.63) is 11.6 Å². The molecule has 0 spiro atoms. The first kappa shape index (κ1) is 14.0. The minimum atomic E-state index is 0.521. The first-order valence-corrected chi connectivity index (χ1v) is 9.31. The van der Waals surface area contributed by atoms with E-state index in [1.807, 2.05) is 0 Å². The van der Waals surface area contributed by atoms with E-state index in [1.54, 1.807) is 5.57 Å². The van der Waals surface area contributed by atoms with Crippen LogP contribution in [0.25, 0.3) is 0 Å². The fourth-order valence-electron chi connectivity index (χ4n) is 6.98. The highest BCUT2D eigenvalue weighted by atomic mass is 16.1. The van der Waals surface area contributed by atoms with Crippen molar-refractivity contribution in [2.45, 2.75) is 71.6 Å². The Morgan fingerprint density at radius 3 is 2.67 bits per heavy atom. The molecule has 0 radical (unpaired) electrons. The molecular weight excluding hydrogens is 256 g/mol. The van der Waals surface area contributed by atoms with E-state index in [4.69, 9.17) is 0 Å². The molecule has 1 nitrogen and oxygen atoms in total. The van der Waals surface area contributed by atoms with Gasteiger partial charge in [-0.25, -0.2) is 0 Å². The second-order valence-corrected chi connectivity index (χ2v) is 8.53. The van der Waals surface area contributed by atoms with Gasteiger partial charge in [-0.1, -0.05) is 18.6 Å². The Labute approximate surface area is 129 Å². The summed E-state index contributed by atoms with van der Waals surface area (Å²) < 4.78 is 0. The molecule has 0 aliphatic heterocycles. The van der Waals surface area contributed by atoms with Crippen LogP contribution in [-0.4, -0.2) is 5.78 Å². The van der Waals surface area contributed by atoms with Gasteiger partial charge in [0.05, 0.1) is 0 Å². The molecular formula is C20H30O. The van der Waals surface area contributed by atoms with Crippen LogP contribution in [0.1, 0.15) is 71.6 Å². The summed E-state index contributed by atoms with van der Waals surface area (Å²) in [6.45, 7) is 4.81. The van der Waals surface area contributed by atoms with E-state index >= 15 is 0 Å². The van der Waals surface area contributed by atoms with Gasteiger partial charge >= 0.3 is 0 Å². The lowest BCUT2D eigenvalue weighted by Gasteiger charge is -2.54. The SMILES string of the molecule is CC=C1CCC2C3CCC4CC(=O)CCC4C3CCC12C. The first-order valence-electron chi connectivity index (χ1n) is 9.31. The van der Waals surface area contributed by atoms with Crippen molar-refractivity contribution < 1.29 is 4.79 Å². The van der Waals surface area contributed by atoms with Gasteiger partial charge in [-0.05, 0) is 86.9 Å². The van der Waals surface area contributed by atoms with E-state index in [1.165, 1.54) is 44.9 Å². The molecule has 0 N–H and O–H groups in total. The fraction of sp³-hybridized carbons (Fsp3) is 0.850. The Hall–Kier alpha value is -0.590. The number of ketones is 1. The molecule has 0 heterocycles. The van der Waals surface area contributed by atoms with Gasteiger partial charge < -0.3 is 0 Å². The van der Waals surface area contributed by atoms with E-state index in [0.29, 0.717) is 11.2 Å². The second-order valence-electron chi connectivity index (χ2n) is 8.53. The first-order chi connectivity index (χ1) is 10.1. The molecule has 116 valence electrons. The lowest BCUT2D eigenvalue weighted by Crippen LogP contribution is -2.47. The van der Waals surface area contributed by atoms with Gasteiger partial charge in [-0.3, -0.25) is 4.79 Å². The van der Waals surface area contributed by atoms with Crippen LogP contribution in [0, 0.1) is 35.0 Å². The molecule has 21 heavy (non-hydrogen) atoms. The van der Waals surface area contributed by atoms with Crippen LogP contribution >= 0.6 is 0 Å². The molecule has 4 rings (SSSR count). The predicted octanol–water partition coefficient (Wildman–Crippen LogP) is 5.15. The van der Waals surface area contributed by atoms with Crippen molar-refractivity contribution in [2.75, 3.05) is 0 Å². The standard InChI is InChI=1S/C20H30O/c1-3-14-5-9-19-18-7-4-13-12-15(21)6-8-16(13)17(18)10-11-20(14,19)2/h3,13,16-19H,4-12H2,1-2H3. The van der Waals surface area contributed by atoms with Crippen molar-refractivity contribution in [3.8, 4) is 0 Å². The van der Waals surface area contributed by atoms with Crippen LogP contribution in [0.15, 0.2) is 11.6 Å². The van der Waals surface area contributed by atoms with Crippen LogP contribution in [0.4, 0.5) is 0 Å². The minimum absolute atomic E-state index is 0.521. The monoisotopic (exact) mass is 286 g/mol. The average molecular weight is 286 g/mol. The van der Waals surface area contributed by atoms with E-state index < -0.39 is 0 Å². The molecule has 6 atom stereocenters. The third kappa shape index (κ3) is 1.99. The van der Waals surface area contributed by atoms with Crippen molar-refractivity contribution in [1.82, 2.24) is 0 Å². The lowest BCUT2D eigenvalue weighted by molar-refractivity contribution is -0.126. The Balaban J connectivity index is 1.59. The Morgan fingerprint density at radius 2 is 1.86 bits per heavy atom. The zero-order valence-corrected chi connectivity index (χ0v) is 13.7. The maximum atomic E-state index is 11.8. The van der Waals surface area contributed by atoms with E-state index in [-0.39, 0.29) is 0 Å². The van der Waals surface area contributed by atoms with Gasteiger partial charge in [0.2, 0.25) is 0 Å². The normalized spacial score (nSPS) is 51.4. The topological polar surface area (TPSA) is 17.1 Å². The van der Waals surface area contributed by atoms with Gasteiger partial charge in [0.15, 0.2) is 0 Å². The van der Waals surface area contributed by atoms with Crippen LogP contribution in [0.3, 0.4) is 0 Å². The molecule has 1 heteroatoms. The number of rotatable bonds is 0. The average Bonchev–Trinajstić information content (AvgIpc) is 2.83. The Morgan fingerprint density at radius 1 is 1.00 bits per heavy atom. The molecule has 0 aromatic rings. The molecule has 4 fully saturated rings. The maximum absolute atomic E-state index is 11.8. The van der Waals surface area contributed by atoms with Gasteiger partial charge in [-0.2, -0.15) is 0 Å². The summed E-state index contributed by atoms with van der Waals surface area (Å²) in [6, 6.07) is 0.